The number of urea groups is 1. The Kier molecular flexibility index (Phi) is 5.99. The van der Waals surface area contributed by atoms with Gasteiger partial charge in [-0.05, 0) is 31.1 Å². The van der Waals surface area contributed by atoms with Crippen LogP contribution in [0, 0.1) is 11.3 Å². The van der Waals surface area contributed by atoms with Crippen LogP contribution in [-0.2, 0) is 11.3 Å². The first-order valence-electron chi connectivity index (χ1n) is 9.81. The van der Waals surface area contributed by atoms with Crippen LogP contribution in [-0.4, -0.2) is 47.0 Å². The Labute approximate surface area is 150 Å². The van der Waals surface area contributed by atoms with Crippen LogP contribution in [0.3, 0.4) is 0 Å². The van der Waals surface area contributed by atoms with Crippen LogP contribution in [0.2, 0.25) is 0 Å². The number of nitrogens with zero attached hydrogens (tertiary/aromatic N) is 3. The monoisotopic (exact) mass is 348 g/mol. The average molecular weight is 348 g/mol. The highest BCUT2D eigenvalue weighted by Gasteiger charge is 2.30. The summed E-state index contributed by atoms with van der Waals surface area (Å²) in [6.45, 7) is 8.68. The van der Waals surface area contributed by atoms with Crippen LogP contribution in [0.5, 0.6) is 0 Å². The van der Waals surface area contributed by atoms with E-state index in [4.69, 9.17) is 4.74 Å². The molecule has 3 rings (SSSR count). The van der Waals surface area contributed by atoms with Crippen molar-refractivity contribution < 1.29 is 9.53 Å². The Morgan fingerprint density at radius 3 is 2.92 bits per heavy atom. The quantitative estimate of drug-likeness (QED) is 0.882. The second-order valence-electron chi connectivity index (χ2n) is 7.61. The Balaban J connectivity index is 1.58. The maximum absolute atomic E-state index is 12.7. The summed E-state index contributed by atoms with van der Waals surface area (Å²) >= 11 is 0. The van der Waals surface area contributed by atoms with Gasteiger partial charge in [0.15, 0.2) is 0 Å². The van der Waals surface area contributed by atoms with Crippen LogP contribution < -0.4 is 5.32 Å². The maximum Gasteiger partial charge on any atom is 0.322 e. The molecular formula is C19H32N4O2. The molecule has 0 spiro atoms. The molecule has 0 saturated carbocycles. The van der Waals surface area contributed by atoms with Gasteiger partial charge in [-0.1, -0.05) is 26.7 Å². The van der Waals surface area contributed by atoms with Crippen LogP contribution in [0.15, 0.2) is 12.3 Å². The van der Waals surface area contributed by atoms with Gasteiger partial charge in [0.25, 0.3) is 0 Å². The molecule has 6 heteroatoms. The van der Waals surface area contributed by atoms with Crippen molar-refractivity contribution in [2.75, 3.05) is 31.6 Å². The summed E-state index contributed by atoms with van der Waals surface area (Å²) in [5.74, 6) is 1.28. The fourth-order valence-corrected chi connectivity index (χ4v) is 4.16. The smallest absolute Gasteiger partial charge is 0.322 e. The zero-order chi connectivity index (χ0) is 17.7. The number of rotatable bonds is 5. The lowest BCUT2D eigenvalue weighted by Gasteiger charge is -2.30. The molecule has 1 atom stereocenters. The molecule has 1 aromatic rings. The van der Waals surface area contributed by atoms with Gasteiger partial charge in [-0.3, -0.25) is 5.32 Å². The minimum Gasteiger partial charge on any atom is -0.381 e. The zero-order valence-corrected chi connectivity index (χ0v) is 15.7. The van der Waals surface area contributed by atoms with Crippen molar-refractivity contribution in [3.05, 3.63) is 12.3 Å². The maximum atomic E-state index is 12.7. The highest BCUT2D eigenvalue weighted by molar-refractivity contribution is 5.88. The Bertz CT molecular complexity index is 562. The first kappa shape index (κ1) is 18.2. The van der Waals surface area contributed by atoms with Gasteiger partial charge in [0.2, 0.25) is 0 Å². The summed E-state index contributed by atoms with van der Waals surface area (Å²) in [4.78, 5) is 14.7. The highest BCUT2D eigenvalue weighted by Crippen LogP contribution is 2.37. The van der Waals surface area contributed by atoms with Gasteiger partial charge in [0.1, 0.15) is 5.82 Å². The molecule has 1 N–H and O–H groups in total. The number of amides is 2. The van der Waals surface area contributed by atoms with Crippen molar-refractivity contribution >= 4 is 11.8 Å². The SMILES string of the molecule is CCC1(CC)CCCN(C(=O)Nc2ccnn2C[C@@H]2CCOC2)CC1. The van der Waals surface area contributed by atoms with Gasteiger partial charge in [0.05, 0.1) is 12.8 Å². The average Bonchev–Trinajstić information content (AvgIpc) is 3.23. The first-order chi connectivity index (χ1) is 12.2. The number of hydrogen-bond donors (Lipinski definition) is 1. The normalized spacial score (nSPS) is 23.4. The molecule has 6 nitrogen and oxygen atoms in total. The van der Waals surface area contributed by atoms with Gasteiger partial charge in [-0.25, -0.2) is 9.48 Å². The predicted octanol–water partition coefficient (Wildman–Crippen LogP) is 3.74. The molecular weight excluding hydrogens is 316 g/mol. The number of aromatic nitrogens is 2. The van der Waals surface area contributed by atoms with Crippen LogP contribution >= 0.6 is 0 Å². The minimum atomic E-state index is 0.00688. The lowest BCUT2D eigenvalue weighted by Crippen LogP contribution is -2.37. The Morgan fingerprint density at radius 2 is 2.20 bits per heavy atom. The summed E-state index contributed by atoms with van der Waals surface area (Å²) in [5.41, 5.74) is 0.416. The molecule has 25 heavy (non-hydrogen) atoms. The molecule has 2 fully saturated rings. The Hall–Kier alpha value is -1.56. The first-order valence-corrected chi connectivity index (χ1v) is 9.81. The number of ether oxygens (including phenoxy) is 1. The van der Waals surface area contributed by atoms with Crippen LogP contribution in [0.25, 0.3) is 0 Å². The van der Waals surface area contributed by atoms with Crippen molar-refractivity contribution in [1.82, 2.24) is 14.7 Å². The molecule has 0 aromatic carbocycles. The van der Waals surface area contributed by atoms with E-state index in [1.807, 2.05) is 15.6 Å². The van der Waals surface area contributed by atoms with Gasteiger partial charge in [-0.2, -0.15) is 5.10 Å². The molecule has 2 saturated heterocycles. The molecule has 140 valence electrons. The van der Waals surface area contributed by atoms with E-state index in [1.165, 1.54) is 19.3 Å². The molecule has 2 aliphatic rings. The van der Waals surface area contributed by atoms with Gasteiger partial charge >= 0.3 is 6.03 Å². The molecule has 3 heterocycles. The third-order valence-corrected chi connectivity index (χ3v) is 6.24. The third-order valence-electron chi connectivity index (χ3n) is 6.24. The van der Waals surface area contributed by atoms with E-state index in [9.17, 15) is 4.79 Å². The number of carbonyl (C=O) groups excluding carboxylic acids is 1. The van der Waals surface area contributed by atoms with Crippen molar-refractivity contribution in [2.24, 2.45) is 11.3 Å². The van der Waals surface area contributed by atoms with Gasteiger partial charge < -0.3 is 9.64 Å². The molecule has 0 bridgehead atoms. The van der Waals surface area contributed by atoms with E-state index in [2.05, 4.69) is 24.3 Å². The largest absolute Gasteiger partial charge is 0.381 e. The van der Waals surface area contributed by atoms with Crippen LogP contribution in [0.4, 0.5) is 10.6 Å². The molecule has 0 radical (unpaired) electrons. The van der Waals surface area contributed by atoms with Gasteiger partial charge in [-0.15, -0.1) is 0 Å². The molecule has 2 aliphatic heterocycles. The number of carbonyl (C=O) groups is 1. The fraction of sp³-hybridized carbons (Fsp3) is 0.789. The Morgan fingerprint density at radius 1 is 1.36 bits per heavy atom. The van der Waals surface area contributed by atoms with E-state index >= 15 is 0 Å². The fourth-order valence-electron chi connectivity index (χ4n) is 4.16. The van der Waals surface area contributed by atoms with Crippen molar-refractivity contribution in [2.45, 2.75) is 58.9 Å². The summed E-state index contributed by atoms with van der Waals surface area (Å²) < 4.78 is 7.34. The predicted molar refractivity (Wildman–Crippen MR) is 98.6 cm³/mol. The number of nitrogens with one attached hydrogen (secondary N) is 1. The van der Waals surface area contributed by atoms with E-state index in [0.29, 0.717) is 11.3 Å². The number of likely N-dealkylation sites (tertiary alicyclic amines) is 1. The highest BCUT2D eigenvalue weighted by atomic mass is 16.5. The second kappa shape index (κ2) is 8.21. The van der Waals surface area contributed by atoms with Gasteiger partial charge in [0, 0.05) is 38.2 Å². The lowest BCUT2D eigenvalue weighted by molar-refractivity contribution is 0.181. The summed E-state index contributed by atoms with van der Waals surface area (Å²) in [5, 5.41) is 7.45. The lowest BCUT2D eigenvalue weighted by atomic mass is 9.76. The van der Waals surface area contributed by atoms with E-state index in [0.717, 1.165) is 57.9 Å². The molecule has 0 unspecified atom stereocenters. The van der Waals surface area contributed by atoms with E-state index in [-0.39, 0.29) is 6.03 Å². The molecule has 1 aromatic heterocycles. The topological polar surface area (TPSA) is 59.4 Å². The molecule has 2 amide bonds. The van der Waals surface area contributed by atoms with Crippen molar-refractivity contribution in [3.63, 3.8) is 0 Å². The van der Waals surface area contributed by atoms with Crippen LogP contribution in [0.1, 0.15) is 52.4 Å². The third kappa shape index (κ3) is 4.35. The van der Waals surface area contributed by atoms with Crippen molar-refractivity contribution in [3.8, 4) is 0 Å². The van der Waals surface area contributed by atoms with E-state index in [1.54, 1.807) is 6.20 Å². The van der Waals surface area contributed by atoms with Crippen molar-refractivity contribution in [1.29, 1.82) is 0 Å². The van der Waals surface area contributed by atoms with E-state index < -0.39 is 0 Å². The zero-order valence-electron chi connectivity index (χ0n) is 15.7. The second-order valence-corrected chi connectivity index (χ2v) is 7.61. The summed E-state index contributed by atoms with van der Waals surface area (Å²) in [6, 6.07) is 1.89. The number of anilines is 1. The summed E-state index contributed by atoms with van der Waals surface area (Å²) in [7, 11) is 0. The molecule has 0 aliphatic carbocycles. The standard InChI is InChI=1S/C19H32N4O2/c1-3-19(4-2)8-5-11-22(12-9-19)18(24)21-17-6-10-20-23(17)14-16-7-13-25-15-16/h6,10,16H,3-5,7-9,11-15H2,1-2H3,(H,21,24)/t16-/m0/s1. The minimum absolute atomic E-state index is 0.00688. The number of hydrogen-bond acceptors (Lipinski definition) is 3. The summed E-state index contributed by atoms with van der Waals surface area (Å²) in [6.07, 6.45) is 8.65.